The lowest BCUT2D eigenvalue weighted by Gasteiger charge is -2.51. The second kappa shape index (κ2) is 4.44. The van der Waals surface area contributed by atoms with Crippen LogP contribution in [0.5, 0.6) is 0 Å². The molecule has 3 aliphatic carbocycles. The summed E-state index contributed by atoms with van der Waals surface area (Å²) >= 11 is 0. The van der Waals surface area contributed by atoms with Crippen molar-refractivity contribution in [2.45, 2.75) is 65.2 Å². The standard InChI is InChI=1S/C20H26O/c1-12-4-6-17-16(13(12)2)8-9-19-18(17)7-5-14-10-15(21)11-20(14,19)3/h4,6,14,18-19H,5,7-11H2,1-3H3/t14-,18-,19-,20-/m0/s1. The van der Waals surface area contributed by atoms with Crippen molar-refractivity contribution >= 4 is 5.78 Å². The predicted octanol–water partition coefficient (Wildman–Crippen LogP) is 4.73. The summed E-state index contributed by atoms with van der Waals surface area (Å²) in [4.78, 5) is 12.0. The summed E-state index contributed by atoms with van der Waals surface area (Å²) in [7, 11) is 0. The molecule has 4 rings (SSSR count). The van der Waals surface area contributed by atoms with Gasteiger partial charge in [-0.15, -0.1) is 0 Å². The molecule has 0 aliphatic heterocycles. The van der Waals surface area contributed by atoms with E-state index in [1.165, 1.54) is 36.8 Å². The average Bonchev–Trinajstić information content (AvgIpc) is 2.76. The number of rotatable bonds is 0. The normalized spacial score (nSPS) is 37.9. The molecule has 0 bridgehead atoms. The molecule has 21 heavy (non-hydrogen) atoms. The van der Waals surface area contributed by atoms with E-state index in [1.54, 1.807) is 11.1 Å². The number of carbonyl (C=O) groups is 1. The molecule has 2 fully saturated rings. The first-order valence-electron chi connectivity index (χ1n) is 8.61. The zero-order valence-electron chi connectivity index (χ0n) is 13.5. The van der Waals surface area contributed by atoms with E-state index >= 15 is 0 Å². The molecule has 0 unspecified atom stereocenters. The van der Waals surface area contributed by atoms with Crippen LogP contribution in [0, 0.1) is 31.1 Å². The zero-order chi connectivity index (χ0) is 14.8. The molecule has 0 spiro atoms. The second-order valence-corrected chi connectivity index (χ2v) is 8.03. The smallest absolute Gasteiger partial charge is 0.133 e. The van der Waals surface area contributed by atoms with Crippen LogP contribution < -0.4 is 0 Å². The maximum atomic E-state index is 12.0. The Hall–Kier alpha value is -1.11. The fourth-order valence-electron chi connectivity index (χ4n) is 5.83. The minimum atomic E-state index is 0.288. The van der Waals surface area contributed by atoms with E-state index in [0.29, 0.717) is 17.6 Å². The third-order valence-corrected chi connectivity index (χ3v) is 7.15. The highest BCUT2D eigenvalue weighted by Crippen LogP contribution is 2.61. The first kappa shape index (κ1) is 13.5. The summed E-state index contributed by atoms with van der Waals surface area (Å²) in [6, 6.07) is 4.71. The van der Waals surface area contributed by atoms with Gasteiger partial charge in [-0.25, -0.2) is 0 Å². The van der Waals surface area contributed by atoms with Gasteiger partial charge < -0.3 is 0 Å². The van der Waals surface area contributed by atoms with Gasteiger partial charge in [-0.2, -0.15) is 0 Å². The SMILES string of the molecule is Cc1ccc2c(c1C)CC[C@H]1[C@H]2CC[C@H]2CC(=O)C[C@@]21C. The van der Waals surface area contributed by atoms with Gasteiger partial charge in [0.15, 0.2) is 0 Å². The van der Waals surface area contributed by atoms with Crippen LogP contribution in [0.25, 0.3) is 0 Å². The number of fused-ring (bicyclic) bond motifs is 5. The number of aryl methyl sites for hydroxylation is 1. The summed E-state index contributed by atoms with van der Waals surface area (Å²) in [6.07, 6.45) is 6.78. The first-order valence-corrected chi connectivity index (χ1v) is 8.61. The highest BCUT2D eigenvalue weighted by molar-refractivity contribution is 5.82. The van der Waals surface area contributed by atoms with Crippen LogP contribution in [0.1, 0.15) is 67.2 Å². The molecule has 1 nitrogen and oxygen atoms in total. The van der Waals surface area contributed by atoms with Crippen molar-refractivity contribution in [3.05, 3.63) is 34.4 Å². The van der Waals surface area contributed by atoms with E-state index in [0.717, 1.165) is 18.8 Å². The number of Topliss-reactive ketones (excluding diaryl/α,β-unsaturated/α-hetero) is 1. The molecule has 4 atom stereocenters. The van der Waals surface area contributed by atoms with Crippen LogP contribution in [0.2, 0.25) is 0 Å². The molecule has 1 heteroatoms. The van der Waals surface area contributed by atoms with Crippen LogP contribution >= 0.6 is 0 Å². The first-order chi connectivity index (χ1) is 10.0. The van der Waals surface area contributed by atoms with Gasteiger partial charge in [-0.3, -0.25) is 4.79 Å². The van der Waals surface area contributed by atoms with Crippen LogP contribution in [-0.2, 0) is 11.2 Å². The predicted molar refractivity (Wildman–Crippen MR) is 85.5 cm³/mol. The van der Waals surface area contributed by atoms with Crippen LogP contribution in [0.4, 0.5) is 0 Å². The van der Waals surface area contributed by atoms with E-state index in [4.69, 9.17) is 0 Å². The van der Waals surface area contributed by atoms with E-state index in [1.807, 2.05) is 0 Å². The molecule has 1 aromatic rings. The van der Waals surface area contributed by atoms with Crippen molar-refractivity contribution in [3.63, 3.8) is 0 Å². The minimum Gasteiger partial charge on any atom is -0.300 e. The van der Waals surface area contributed by atoms with Crippen molar-refractivity contribution in [1.82, 2.24) is 0 Å². The number of hydrogen-bond acceptors (Lipinski definition) is 1. The second-order valence-electron chi connectivity index (χ2n) is 8.03. The van der Waals surface area contributed by atoms with Gasteiger partial charge in [-0.05, 0) is 85.0 Å². The molecule has 3 aliphatic rings. The van der Waals surface area contributed by atoms with Crippen molar-refractivity contribution in [3.8, 4) is 0 Å². The Morgan fingerprint density at radius 3 is 2.76 bits per heavy atom. The molecule has 2 saturated carbocycles. The minimum absolute atomic E-state index is 0.288. The lowest BCUT2D eigenvalue weighted by atomic mass is 9.53. The Balaban J connectivity index is 1.77. The Bertz CT molecular complexity index is 615. The Labute approximate surface area is 128 Å². The molecule has 0 aromatic heterocycles. The summed E-state index contributed by atoms with van der Waals surface area (Å²) in [5.41, 5.74) is 6.48. The number of ketones is 1. The molecule has 0 radical (unpaired) electrons. The van der Waals surface area contributed by atoms with Gasteiger partial charge >= 0.3 is 0 Å². The van der Waals surface area contributed by atoms with Crippen molar-refractivity contribution < 1.29 is 4.79 Å². The highest BCUT2D eigenvalue weighted by Gasteiger charge is 2.54. The van der Waals surface area contributed by atoms with E-state index in [2.05, 4.69) is 32.9 Å². The lowest BCUT2D eigenvalue weighted by molar-refractivity contribution is -0.118. The van der Waals surface area contributed by atoms with Gasteiger partial charge in [0.25, 0.3) is 0 Å². The number of carbonyl (C=O) groups excluding carboxylic acids is 1. The van der Waals surface area contributed by atoms with Gasteiger partial charge in [0.05, 0.1) is 0 Å². The maximum Gasteiger partial charge on any atom is 0.133 e. The molecule has 1 aromatic carbocycles. The average molecular weight is 282 g/mol. The Morgan fingerprint density at radius 2 is 1.95 bits per heavy atom. The van der Waals surface area contributed by atoms with Crippen molar-refractivity contribution in [2.75, 3.05) is 0 Å². The largest absolute Gasteiger partial charge is 0.300 e. The van der Waals surface area contributed by atoms with Gasteiger partial charge in [-0.1, -0.05) is 19.1 Å². The van der Waals surface area contributed by atoms with E-state index < -0.39 is 0 Å². The van der Waals surface area contributed by atoms with E-state index in [9.17, 15) is 4.79 Å². The molecule has 0 heterocycles. The summed E-state index contributed by atoms with van der Waals surface area (Å²) in [5, 5.41) is 0. The number of benzene rings is 1. The monoisotopic (exact) mass is 282 g/mol. The Kier molecular flexibility index (Phi) is 2.87. The van der Waals surface area contributed by atoms with Gasteiger partial charge in [0.1, 0.15) is 5.78 Å². The van der Waals surface area contributed by atoms with Crippen LogP contribution in [0.3, 0.4) is 0 Å². The zero-order valence-corrected chi connectivity index (χ0v) is 13.5. The quantitative estimate of drug-likeness (QED) is 0.672. The third kappa shape index (κ3) is 1.79. The molecule has 112 valence electrons. The molecular weight excluding hydrogens is 256 g/mol. The van der Waals surface area contributed by atoms with E-state index in [-0.39, 0.29) is 5.41 Å². The third-order valence-electron chi connectivity index (χ3n) is 7.15. The summed E-state index contributed by atoms with van der Waals surface area (Å²) in [6.45, 7) is 6.95. The molecule has 0 amide bonds. The molecule has 0 saturated heterocycles. The number of hydrogen-bond donors (Lipinski definition) is 0. The van der Waals surface area contributed by atoms with Gasteiger partial charge in [0, 0.05) is 12.8 Å². The molecular formula is C20H26O. The van der Waals surface area contributed by atoms with Crippen LogP contribution in [-0.4, -0.2) is 5.78 Å². The fourth-order valence-corrected chi connectivity index (χ4v) is 5.83. The topological polar surface area (TPSA) is 17.1 Å². The summed E-state index contributed by atoms with van der Waals surface area (Å²) < 4.78 is 0. The van der Waals surface area contributed by atoms with Crippen molar-refractivity contribution in [2.24, 2.45) is 17.3 Å². The lowest BCUT2D eigenvalue weighted by Crippen LogP contribution is -2.42. The van der Waals surface area contributed by atoms with Crippen molar-refractivity contribution in [1.29, 1.82) is 0 Å². The maximum absolute atomic E-state index is 12.0. The Morgan fingerprint density at radius 1 is 1.14 bits per heavy atom. The van der Waals surface area contributed by atoms with Crippen LogP contribution in [0.15, 0.2) is 12.1 Å². The highest BCUT2D eigenvalue weighted by atomic mass is 16.1. The molecule has 0 N–H and O–H groups in total. The summed E-state index contributed by atoms with van der Waals surface area (Å²) in [5.74, 6) is 2.63. The van der Waals surface area contributed by atoms with Gasteiger partial charge in [0.2, 0.25) is 0 Å². The fraction of sp³-hybridized carbons (Fsp3) is 0.650.